The van der Waals surface area contributed by atoms with Crippen LogP contribution >= 0.6 is 0 Å². The molecule has 0 saturated heterocycles. The molecule has 0 radical (unpaired) electrons. The van der Waals surface area contributed by atoms with Crippen LogP contribution in [0.2, 0.25) is 0 Å². The van der Waals surface area contributed by atoms with Gasteiger partial charge in [0.1, 0.15) is 17.3 Å². The average Bonchev–Trinajstić information content (AvgIpc) is 2.74. The lowest BCUT2D eigenvalue weighted by molar-refractivity contribution is 0.414. The van der Waals surface area contributed by atoms with E-state index in [4.69, 9.17) is 9.15 Å². The van der Waals surface area contributed by atoms with Gasteiger partial charge in [-0.25, -0.2) is 13.1 Å². The van der Waals surface area contributed by atoms with Crippen LogP contribution in [0.3, 0.4) is 0 Å². The molecule has 0 bridgehead atoms. The molecule has 0 atom stereocenters. The monoisotopic (exact) mass is 309 g/mol. The van der Waals surface area contributed by atoms with Crippen LogP contribution in [0.4, 0.5) is 0 Å². The zero-order valence-electron chi connectivity index (χ0n) is 12.6. The minimum Gasteiger partial charge on any atom is -0.497 e. The molecule has 0 amide bonds. The Morgan fingerprint density at radius 1 is 1.19 bits per heavy atom. The Bertz CT molecular complexity index is 747. The van der Waals surface area contributed by atoms with Crippen LogP contribution in [-0.4, -0.2) is 15.5 Å². The third kappa shape index (κ3) is 3.46. The van der Waals surface area contributed by atoms with Crippen LogP contribution in [-0.2, 0) is 16.6 Å². The van der Waals surface area contributed by atoms with Gasteiger partial charge < -0.3 is 9.15 Å². The minimum absolute atomic E-state index is 0.205. The van der Waals surface area contributed by atoms with Gasteiger partial charge in [0.05, 0.1) is 12.0 Å². The highest BCUT2D eigenvalue weighted by atomic mass is 32.2. The van der Waals surface area contributed by atoms with Crippen LogP contribution in [0.5, 0.6) is 5.75 Å². The van der Waals surface area contributed by atoms with Gasteiger partial charge in [-0.1, -0.05) is 0 Å². The van der Waals surface area contributed by atoms with E-state index in [9.17, 15) is 8.42 Å². The summed E-state index contributed by atoms with van der Waals surface area (Å²) in [5.41, 5.74) is 1.48. The Morgan fingerprint density at radius 2 is 1.90 bits per heavy atom. The van der Waals surface area contributed by atoms with Crippen molar-refractivity contribution in [3.8, 4) is 5.75 Å². The van der Waals surface area contributed by atoms with E-state index in [0.29, 0.717) is 11.3 Å². The van der Waals surface area contributed by atoms with Crippen molar-refractivity contribution < 1.29 is 17.6 Å². The van der Waals surface area contributed by atoms with E-state index in [1.54, 1.807) is 32.2 Å². The first kappa shape index (κ1) is 15.6. The molecular weight excluding hydrogens is 290 g/mol. The van der Waals surface area contributed by atoms with Crippen molar-refractivity contribution in [2.24, 2.45) is 0 Å². The van der Waals surface area contributed by atoms with Gasteiger partial charge in [-0.3, -0.25) is 0 Å². The second-order valence-electron chi connectivity index (χ2n) is 4.89. The van der Waals surface area contributed by atoms with Gasteiger partial charge in [0.2, 0.25) is 10.0 Å². The zero-order valence-corrected chi connectivity index (χ0v) is 13.4. The fraction of sp³-hybridized carbons (Fsp3) is 0.333. The summed E-state index contributed by atoms with van der Waals surface area (Å²) in [6.45, 7) is 5.59. The Balaban J connectivity index is 2.20. The molecule has 0 saturated carbocycles. The summed E-state index contributed by atoms with van der Waals surface area (Å²) in [6.07, 6.45) is 0. The molecule has 2 rings (SSSR count). The Labute approximate surface area is 125 Å². The number of ether oxygens (including phenoxy) is 1. The maximum absolute atomic E-state index is 12.4. The molecule has 114 valence electrons. The van der Waals surface area contributed by atoms with Crippen LogP contribution in [0.15, 0.2) is 33.6 Å². The topological polar surface area (TPSA) is 68.5 Å². The summed E-state index contributed by atoms with van der Waals surface area (Å²) in [6, 6.07) is 6.71. The number of hydrogen-bond donors (Lipinski definition) is 1. The van der Waals surface area contributed by atoms with Crippen LogP contribution < -0.4 is 9.46 Å². The molecule has 5 nitrogen and oxygen atoms in total. The predicted octanol–water partition coefficient (Wildman–Crippen LogP) is 2.69. The number of aryl methyl sites for hydroxylation is 3. The van der Waals surface area contributed by atoms with E-state index < -0.39 is 10.0 Å². The smallest absolute Gasteiger partial charge is 0.241 e. The summed E-state index contributed by atoms with van der Waals surface area (Å²) in [5, 5.41) is 0. The second kappa shape index (κ2) is 5.91. The van der Waals surface area contributed by atoms with Gasteiger partial charge in [0.15, 0.2) is 0 Å². The second-order valence-corrected chi connectivity index (χ2v) is 6.63. The molecule has 21 heavy (non-hydrogen) atoms. The Hall–Kier alpha value is -1.79. The average molecular weight is 309 g/mol. The lowest BCUT2D eigenvalue weighted by Gasteiger charge is -2.10. The lowest BCUT2D eigenvalue weighted by atomic mass is 10.2. The molecule has 1 aromatic heterocycles. The normalized spacial score (nSPS) is 11.6. The van der Waals surface area contributed by atoms with Gasteiger partial charge in [0.25, 0.3) is 0 Å². The number of furan rings is 1. The van der Waals surface area contributed by atoms with Gasteiger partial charge in [0, 0.05) is 12.1 Å². The molecule has 0 fully saturated rings. The summed E-state index contributed by atoms with van der Waals surface area (Å²) >= 11 is 0. The van der Waals surface area contributed by atoms with Crippen molar-refractivity contribution in [1.82, 2.24) is 4.72 Å². The van der Waals surface area contributed by atoms with Gasteiger partial charge in [-0.05, 0) is 50.6 Å². The molecule has 1 heterocycles. The third-order valence-corrected chi connectivity index (χ3v) is 4.83. The van der Waals surface area contributed by atoms with Crippen molar-refractivity contribution in [2.75, 3.05) is 7.11 Å². The van der Waals surface area contributed by atoms with E-state index in [0.717, 1.165) is 17.1 Å². The van der Waals surface area contributed by atoms with E-state index in [1.165, 1.54) is 0 Å². The summed E-state index contributed by atoms with van der Waals surface area (Å²) in [7, 11) is -2.02. The molecule has 0 aliphatic rings. The lowest BCUT2D eigenvalue weighted by Crippen LogP contribution is -2.24. The number of methoxy groups -OCH3 is 1. The highest BCUT2D eigenvalue weighted by molar-refractivity contribution is 7.89. The molecule has 0 spiro atoms. The first-order chi connectivity index (χ1) is 9.83. The molecule has 1 N–H and O–H groups in total. The predicted molar refractivity (Wildman–Crippen MR) is 79.9 cm³/mol. The number of hydrogen-bond acceptors (Lipinski definition) is 4. The molecule has 6 heteroatoms. The number of nitrogens with one attached hydrogen (secondary N) is 1. The van der Waals surface area contributed by atoms with Crippen LogP contribution in [0, 0.1) is 20.8 Å². The number of sulfonamides is 1. The van der Waals surface area contributed by atoms with Crippen LogP contribution in [0.1, 0.15) is 22.6 Å². The Kier molecular flexibility index (Phi) is 4.39. The number of rotatable bonds is 5. The van der Waals surface area contributed by atoms with Gasteiger partial charge >= 0.3 is 0 Å². The fourth-order valence-corrected chi connectivity index (χ4v) is 3.39. The molecular formula is C15H19NO4S. The first-order valence-corrected chi connectivity index (χ1v) is 8.02. The molecule has 0 aliphatic carbocycles. The van der Waals surface area contributed by atoms with Crippen molar-refractivity contribution >= 4 is 10.0 Å². The summed E-state index contributed by atoms with van der Waals surface area (Å²) < 4.78 is 37.8. The van der Waals surface area contributed by atoms with E-state index >= 15 is 0 Å². The highest BCUT2D eigenvalue weighted by Crippen LogP contribution is 2.21. The van der Waals surface area contributed by atoms with E-state index in [2.05, 4.69) is 4.72 Å². The number of benzene rings is 1. The third-order valence-electron chi connectivity index (χ3n) is 3.27. The summed E-state index contributed by atoms with van der Waals surface area (Å²) in [4.78, 5) is 0.251. The Morgan fingerprint density at radius 3 is 2.43 bits per heavy atom. The van der Waals surface area contributed by atoms with Crippen molar-refractivity contribution in [3.05, 3.63) is 46.9 Å². The van der Waals surface area contributed by atoms with E-state index in [1.807, 2.05) is 19.9 Å². The zero-order chi connectivity index (χ0) is 15.6. The first-order valence-electron chi connectivity index (χ1n) is 6.53. The summed E-state index contributed by atoms with van der Waals surface area (Å²) in [5.74, 6) is 2.12. The van der Waals surface area contributed by atoms with Crippen molar-refractivity contribution in [3.63, 3.8) is 0 Å². The molecule has 2 aromatic rings. The van der Waals surface area contributed by atoms with Crippen molar-refractivity contribution in [1.29, 1.82) is 0 Å². The largest absolute Gasteiger partial charge is 0.497 e. The minimum atomic E-state index is -3.57. The van der Waals surface area contributed by atoms with Gasteiger partial charge in [-0.15, -0.1) is 0 Å². The highest BCUT2D eigenvalue weighted by Gasteiger charge is 2.18. The maximum Gasteiger partial charge on any atom is 0.241 e. The van der Waals surface area contributed by atoms with Gasteiger partial charge in [-0.2, -0.15) is 0 Å². The fourth-order valence-electron chi connectivity index (χ4n) is 2.16. The standard InChI is InChI=1S/C15H19NO4S/c1-10-7-14(19-4)5-6-15(10)21(17,18)16-9-13-8-11(2)20-12(13)3/h5-8,16H,9H2,1-4H3. The molecule has 0 unspecified atom stereocenters. The van der Waals surface area contributed by atoms with Crippen molar-refractivity contribution in [2.45, 2.75) is 32.2 Å². The molecule has 1 aromatic carbocycles. The quantitative estimate of drug-likeness (QED) is 0.922. The van der Waals surface area contributed by atoms with E-state index in [-0.39, 0.29) is 11.4 Å². The van der Waals surface area contributed by atoms with Crippen LogP contribution in [0.25, 0.3) is 0 Å². The molecule has 0 aliphatic heterocycles. The maximum atomic E-state index is 12.4. The SMILES string of the molecule is COc1ccc(S(=O)(=O)NCc2cc(C)oc2C)c(C)c1.